The van der Waals surface area contributed by atoms with Crippen molar-refractivity contribution >= 4 is 15.8 Å². The zero-order chi connectivity index (χ0) is 24.3. The Morgan fingerprint density at radius 2 is 1.62 bits per heavy atom. The number of hydrogen-bond donors (Lipinski definition) is 1. The highest BCUT2D eigenvalue weighted by Gasteiger charge is 2.41. The maximum Gasteiger partial charge on any atom is 0.185 e. The molecule has 7 heteroatoms. The summed E-state index contributed by atoms with van der Waals surface area (Å²) in [5.74, 6) is 0. The first-order valence-electron chi connectivity index (χ1n) is 11.6. The van der Waals surface area contributed by atoms with Crippen LogP contribution in [0.1, 0.15) is 52.9 Å². The van der Waals surface area contributed by atoms with Crippen LogP contribution >= 0.6 is 0 Å². The summed E-state index contributed by atoms with van der Waals surface area (Å²) < 4.78 is 31.2. The average Bonchev–Trinajstić information content (AvgIpc) is 2.85. The Labute approximate surface area is 201 Å². The number of pyridine rings is 1. The number of nitriles is 1. The molecule has 3 aromatic rings. The van der Waals surface area contributed by atoms with Crippen molar-refractivity contribution in [1.29, 1.82) is 5.26 Å². The number of nitrogens with zero attached hydrogens (tertiary/aromatic N) is 1. The van der Waals surface area contributed by atoms with Gasteiger partial charge in [0.1, 0.15) is 10.1 Å². The maximum atomic E-state index is 10.4. The fourth-order valence-corrected chi connectivity index (χ4v) is 5.42. The summed E-state index contributed by atoms with van der Waals surface area (Å²) in [6.07, 6.45) is 7.10. The number of aromatic amines is 1. The molecule has 0 spiro atoms. The Bertz CT molecular complexity index is 1330. The lowest BCUT2D eigenvalue weighted by molar-refractivity contribution is -0.405. The smallest absolute Gasteiger partial charge is 0.185 e. The fraction of sp³-hybridized carbons (Fsp3) is 0.333. The largest absolute Gasteiger partial charge is 0.744 e. The van der Waals surface area contributed by atoms with Crippen LogP contribution in [0.4, 0.5) is 5.69 Å². The van der Waals surface area contributed by atoms with E-state index < -0.39 is 15.5 Å². The van der Waals surface area contributed by atoms with E-state index in [1.807, 2.05) is 25.1 Å². The number of aromatic nitrogens is 1. The minimum atomic E-state index is -4.27. The second-order valence-electron chi connectivity index (χ2n) is 9.16. The van der Waals surface area contributed by atoms with Gasteiger partial charge in [0.2, 0.25) is 0 Å². The molecule has 1 atom stereocenters. The van der Waals surface area contributed by atoms with E-state index >= 15 is 0 Å². The number of rotatable bonds is 2. The molecule has 2 aromatic carbocycles. The van der Waals surface area contributed by atoms with Crippen molar-refractivity contribution in [2.75, 3.05) is 5.73 Å². The van der Waals surface area contributed by atoms with Crippen molar-refractivity contribution in [3.05, 3.63) is 88.2 Å². The van der Waals surface area contributed by atoms with E-state index in [0.717, 1.165) is 48.9 Å². The minimum absolute atomic E-state index is 0.178. The van der Waals surface area contributed by atoms with Crippen LogP contribution in [0.3, 0.4) is 0 Å². The number of nitrogens with one attached hydrogen (secondary N) is 1. The zero-order valence-electron chi connectivity index (χ0n) is 19.3. The lowest BCUT2D eigenvalue weighted by Crippen LogP contribution is -2.37. The predicted octanol–water partition coefficient (Wildman–Crippen LogP) is 3.81. The molecule has 0 aliphatic heterocycles. The van der Waals surface area contributed by atoms with E-state index in [1.165, 1.54) is 47.5 Å². The molecule has 0 saturated carbocycles. The van der Waals surface area contributed by atoms with E-state index in [4.69, 9.17) is 5.73 Å². The summed E-state index contributed by atoms with van der Waals surface area (Å²) >= 11 is 0. The normalized spacial score (nSPS) is 19.1. The Hall–Kier alpha value is -3.21. The van der Waals surface area contributed by atoms with Gasteiger partial charge in [-0.25, -0.2) is 13.4 Å². The van der Waals surface area contributed by atoms with Gasteiger partial charge in [-0.3, -0.25) is 0 Å². The molecule has 1 unspecified atom stereocenters. The molecule has 1 heterocycles. The van der Waals surface area contributed by atoms with Gasteiger partial charge >= 0.3 is 0 Å². The number of anilines is 1. The molecule has 0 radical (unpaired) electrons. The van der Waals surface area contributed by atoms with Crippen LogP contribution in [-0.4, -0.2) is 13.0 Å². The number of fused-ring (bicyclic) bond motifs is 2. The standard InChI is InChI=1S/C20H21N3.C7H8O3S/c21-13-20(14-6-2-1-3-7-14)11-10-18-16(12-20)19(22)15-8-4-5-9-17(15)23-18;1-6-2-4-7(5-3-6)11(8,9)10/h1-3,6-7H,4-5,8-12H2,(H2,22,23);2-5H,1H3,(H,8,9,10). The van der Waals surface area contributed by atoms with Crippen LogP contribution in [0, 0.1) is 18.3 Å². The molecular weight excluding hydrogens is 446 g/mol. The molecule has 0 amide bonds. The number of nitrogen functional groups attached to an aromatic ring is 1. The molecule has 6 nitrogen and oxygen atoms in total. The third kappa shape index (κ3) is 4.84. The summed E-state index contributed by atoms with van der Waals surface area (Å²) in [6, 6.07) is 18.6. The van der Waals surface area contributed by atoms with Gasteiger partial charge in [-0.05, 0) is 50.3 Å². The van der Waals surface area contributed by atoms with Crippen molar-refractivity contribution in [2.45, 2.75) is 62.2 Å². The summed E-state index contributed by atoms with van der Waals surface area (Å²) in [5, 5.41) is 9.95. The maximum absolute atomic E-state index is 10.4. The van der Waals surface area contributed by atoms with Crippen molar-refractivity contribution in [2.24, 2.45) is 0 Å². The van der Waals surface area contributed by atoms with E-state index in [2.05, 4.69) is 23.2 Å². The second-order valence-corrected chi connectivity index (χ2v) is 10.5. The van der Waals surface area contributed by atoms with Gasteiger partial charge < -0.3 is 10.3 Å². The van der Waals surface area contributed by atoms with Crippen LogP contribution in [0.15, 0.2) is 59.5 Å². The first kappa shape index (κ1) is 23.9. The number of benzene rings is 2. The molecule has 34 heavy (non-hydrogen) atoms. The molecular formula is C27H29N3O3S. The van der Waals surface area contributed by atoms with Crippen LogP contribution in [0.2, 0.25) is 0 Å². The molecule has 5 rings (SSSR count). The summed E-state index contributed by atoms with van der Waals surface area (Å²) in [4.78, 5) is 3.47. The number of hydrogen-bond acceptors (Lipinski definition) is 5. The van der Waals surface area contributed by atoms with Crippen LogP contribution < -0.4 is 10.7 Å². The lowest BCUT2D eigenvalue weighted by Gasteiger charge is -2.32. The molecule has 0 fully saturated rings. The summed E-state index contributed by atoms with van der Waals surface area (Å²) in [5.41, 5.74) is 14.2. The SMILES string of the molecule is Cc1ccc(S(=O)(=O)[O-])cc1.N#CC1(c2ccccc2)CCc2[nH+]c3c(c(N)c2C1)CCCC3. The molecule has 0 bridgehead atoms. The highest BCUT2D eigenvalue weighted by Crippen LogP contribution is 2.40. The Kier molecular flexibility index (Phi) is 6.74. The molecule has 3 N–H and O–H groups in total. The molecule has 2 aliphatic rings. The van der Waals surface area contributed by atoms with E-state index in [-0.39, 0.29) is 4.90 Å². The van der Waals surface area contributed by atoms with E-state index in [1.54, 1.807) is 12.1 Å². The highest BCUT2D eigenvalue weighted by molar-refractivity contribution is 7.85. The Morgan fingerprint density at radius 1 is 0.971 bits per heavy atom. The monoisotopic (exact) mass is 475 g/mol. The third-order valence-electron chi connectivity index (χ3n) is 6.91. The zero-order valence-corrected chi connectivity index (χ0v) is 20.1. The van der Waals surface area contributed by atoms with Crippen molar-refractivity contribution in [1.82, 2.24) is 0 Å². The van der Waals surface area contributed by atoms with Gasteiger partial charge in [-0.2, -0.15) is 5.26 Å². The first-order valence-corrected chi connectivity index (χ1v) is 13.0. The lowest BCUT2D eigenvalue weighted by atomic mass is 9.68. The van der Waals surface area contributed by atoms with E-state index in [0.29, 0.717) is 0 Å². The quantitative estimate of drug-likeness (QED) is 0.565. The van der Waals surface area contributed by atoms with Crippen molar-refractivity contribution in [3.8, 4) is 6.07 Å². The summed E-state index contributed by atoms with van der Waals surface area (Å²) in [6.45, 7) is 1.82. The molecule has 2 aliphatic carbocycles. The topological polar surface area (TPSA) is 121 Å². The van der Waals surface area contributed by atoms with Crippen molar-refractivity contribution < 1.29 is 18.0 Å². The average molecular weight is 476 g/mol. The molecule has 0 saturated heterocycles. The van der Waals surface area contributed by atoms with Crippen LogP contribution in [-0.2, 0) is 41.2 Å². The minimum Gasteiger partial charge on any atom is -0.744 e. The van der Waals surface area contributed by atoms with Crippen LogP contribution in [0.5, 0.6) is 0 Å². The third-order valence-corrected chi connectivity index (χ3v) is 7.76. The number of nitrogens with two attached hydrogens (primary N) is 1. The van der Waals surface area contributed by atoms with Gasteiger partial charge in [-0.15, -0.1) is 0 Å². The van der Waals surface area contributed by atoms with E-state index in [9.17, 15) is 18.2 Å². The Morgan fingerprint density at radius 3 is 2.26 bits per heavy atom. The summed E-state index contributed by atoms with van der Waals surface area (Å²) in [7, 11) is -4.27. The Balaban J connectivity index is 0.000000210. The van der Waals surface area contributed by atoms with Gasteiger partial charge in [0.25, 0.3) is 0 Å². The fourth-order valence-electron chi connectivity index (χ4n) is 4.96. The molecule has 176 valence electrons. The van der Waals surface area contributed by atoms with Gasteiger partial charge in [0.15, 0.2) is 11.4 Å². The molecule has 1 aromatic heterocycles. The number of aryl methyl sites for hydroxylation is 3. The second kappa shape index (κ2) is 9.57. The van der Waals surface area contributed by atoms with Gasteiger partial charge in [0, 0.05) is 30.4 Å². The number of H-pyrrole nitrogens is 1. The predicted molar refractivity (Wildman–Crippen MR) is 129 cm³/mol. The van der Waals surface area contributed by atoms with Crippen LogP contribution in [0.25, 0.3) is 0 Å². The van der Waals surface area contributed by atoms with Gasteiger partial charge in [0.05, 0.1) is 22.1 Å². The first-order chi connectivity index (χ1) is 16.2. The van der Waals surface area contributed by atoms with Gasteiger partial charge in [-0.1, -0.05) is 48.0 Å². The van der Waals surface area contributed by atoms with Crippen molar-refractivity contribution in [3.63, 3.8) is 0 Å². The highest BCUT2D eigenvalue weighted by atomic mass is 32.2.